The smallest absolute Gasteiger partial charge is 0.287 e. The zero-order valence-electron chi connectivity index (χ0n) is 10.7. The lowest BCUT2D eigenvalue weighted by Crippen LogP contribution is -2.27. The highest BCUT2D eigenvalue weighted by Crippen LogP contribution is 2.27. The third kappa shape index (κ3) is 3.16. The summed E-state index contributed by atoms with van der Waals surface area (Å²) in [5, 5.41) is 6.04. The summed E-state index contributed by atoms with van der Waals surface area (Å²) >= 11 is 7.87. The summed E-state index contributed by atoms with van der Waals surface area (Å²) in [5.41, 5.74) is 4.26. The molecule has 0 spiro atoms. The predicted octanol–water partition coefficient (Wildman–Crippen LogP) is 2.02. The number of benzene rings is 1. The molecule has 3 N–H and O–H groups in total. The summed E-state index contributed by atoms with van der Waals surface area (Å²) in [4.78, 5) is 23.2. The third-order valence-electron chi connectivity index (χ3n) is 2.61. The molecule has 6 nitrogen and oxygen atoms in total. The van der Waals surface area contributed by atoms with Crippen LogP contribution in [0.4, 0.5) is 15.8 Å². The van der Waals surface area contributed by atoms with Gasteiger partial charge in [-0.05, 0) is 40.8 Å². The van der Waals surface area contributed by atoms with E-state index in [0.717, 1.165) is 4.68 Å². The number of hydrogen-bond acceptors (Lipinski definition) is 4. The second kappa shape index (κ2) is 5.98. The Balaban J connectivity index is 2.60. The zero-order chi connectivity index (χ0) is 15.7. The number of rotatable bonds is 3. The molecule has 1 heterocycles. The van der Waals surface area contributed by atoms with Crippen LogP contribution < -0.4 is 16.6 Å². The Morgan fingerprint density at radius 3 is 2.76 bits per heavy atom. The summed E-state index contributed by atoms with van der Waals surface area (Å²) in [5.74, 6) is -1.45. The van der Waals surface area contributed by atoms with Crippen molar-refractivity contribution < 1.29 is 9.18 Å². The first-order valence-corrected chi connectivity index (χ1v) is 7.05. The van der Waals surface area contributed by atoms with Gasteiger partial charge in [-0.25, -0.2) is 9.07 Å². The van der Waals surface area contributed by atoms with Crippen molar-refractivity contribution in [3.05, 3.63) is 48.7 Å². The van der Waals surface area contributed by atoms with Gasteiger partial charge in [0.2, 0.25) is 0 Å². The number of hydrogen-bond donors (Lipinski definition) is 2. The van der Waals surface area contributed by atoms with Crippen LogP contribution >= 0.6 is 34.2 Å². The van der Waals surface area contributed by atoms with Gasteiger partial charge < -0.3 is 11.1 Å². The quantitative estimate of drug-likeness (QED) is 0.741. The van der Waals surface area contributed by atoms with Crippen LogP contribution in [0.5, 0.6) is 0 Å². The first-order chi connectivity index (χ1) is 9.81. The number of aryl methyl sites for hydroxylation is 1. The molecule has 0 saturated heterocycles. The number of anilines is 2. The molecule has 1 amide bonds. The minimum absolute atomic E-state index is 0.0508. The third-order valence-corrected chi connectivity index (χ3v) is 3.63. The molecule has 0 fully saturated rings. The lowest BCUT2D eigenvalue weighted by Gasteiger charge is -2.13. The Kier molecular flexibility index (Phi) is 4.47. The van der Waals surface area contributed by atoms with Crippen LogP contribution in [0.15, 0.2) is 23.0 Å². The van der Waals surface area contributed by atoms with Gasteiger partial charge in [0.05, 0.1) is 11.4 Å². The van der Waals surface area contributed by atoms with Gasteiger partial charge in [0.15, 0.2) is 5.69 Å². The molecule has 2 rings (SSSR count). The molecule has 0 saturated carbocycles. The normalized spacial score (nSPS) is 10.5. The van der Waals surface area contributed by atoms with Gasteiger partial charge in [0, 0.05) is 10.6 Å². The highest BCUT2D eigenvalue weighted by atomic mass is 127. The minimum atomic E-state index is -0.888. The molecule has 0 unspecified atom stereocenters. The molecule has 0 radical (unpaired) electrons. The molecule has 1 aromatic carbocycles. The number of halogens is 3. The summed E-state index contributed by atoms with van der Waals surface area (Å²) in [6, 6.07) is 4.39. The van der Waals surface area contributed by atoms with Gasteiger partial charge in [-0.3, -0.25) is 9.59 Å². The zero-order valence-corrected chi connectivity index (χ0v) is 13.6. The summed E-state index contributed by atoms with van der Waals surface area (Å²) < 4.78 is 15.4. The first-order valence-electron chi connectivity index (χ1n) is 5.60. The van der Waals surface area contributed by atoms with E-state index in [1.807, 2.05) is 22.6 Å². The SMILES string of the molecule is Cn1nc(C(N)=O)c(Nc2ccc(I)cc2F)c(Cl)c1=O. The van der Waals surface area contributed by atoms with Crippen molar-refractivity contribution in [3.8, 4) is 0 Å². The van der Waals surface area contributed by atoms with Crippen LogP contribution in [0.25, 0.3) is 0 Å². The average molecular weight is 423 g/mol. The monoisotopic (exact) mass is 422 g/mol. The fraction of sp³-hybridized carbons (Fsp3) is 0.0833. The lowest BCUT2D eigenvalue weighted by atomic mass is 10.2. The van der Waals surface area contributed by atoms with Gasteiger partial charge in [-0.2, -0.15) is 5.10 Å². The lowest BCUT2D eigenvalue weighted by molar-refractivity contribution is 0.0994. The molecule has 110 valence electrons. The van der Waals surface area contributed by atoms with Gasteiger partial charge in [-0.15, -0.1) is 0 Å². The molecular weight excluding hydrogens is 414 g/mol. The van der Waals surface area contributed by atoms with E-state index in [0.29, 0.717) is 3.57 Å². The van der Waals surface area contributed by atoms with Crippen molar-refractivity contribution in [3.63, 3.8) is 0 Å². The van der Waals surface area contributed by atoms with Crippen LogP contribution in [0.1, 0.15) is 10.5 Å². The van der Waals surface area contributed by atoms with E-state index in [1.165, 1.54) is 19.2 Å². The largest absolute Gasteiger partial charge is 0.364 e. The maximum Gasteiger partial charge on any atom is 0.287 e. The van der Waals surface area contributed by atoms with E-state index in [-0.39, 0.29) is 22.1 Å². The summed E-state index contributed by atoms with van der Waals surface area (Å²) in [6.07, 6.45) is 0. The van der Waals surface area contributed by atoms with E-state index in [4.69, 9.17) is 17.3 Å². The Hall–Kier alpha value is -1.68. The second-order valence-corrected chi connectivity index (χ2v) is 5.70. The maximum atomic E-state index is 13.9. The number of carbonyl (C=O) groups excluding carboxylic acids is 1. The number of primary amides is 1. The molecule has 0 aliphatic rings. The van der Waals surface area contributed by atoms with Crippen LogP contribution in [0.3, 0.4) is 0 Å². The van der Waals surface area contributed by atoms with Crippen molar-refractivity contribution >= 4 is 51.5 Å². The standard InChI is InChI=1S/C12H9ClFIN4O2/c1-19-12(21)8(13)9(10(18-19)11(16)20)17-7-3-2-5(15)4-6(7)14/h2-4,17H,1H3,(H2,16,20). The topological polar surface area (TPSA) is 90.0 Å². The summed E-state index contributed by atoms with van der Waals surface area (Å²) in [7, 11) is 1.33. The Bertz CT molecular complexity index is 794. The molecule has 9 heteroatoms. The van der Waals surface area contributed by atoms with E-state index in [1.54, 1.807) is 6.07 Å². The van der Waals surface area contributed by atoms with Crippen molar-refractivity contribution in [2.75, 3.05) is 5.32 Å². The van der Waals surface area contributed by atoms with Gasteiger partial charge in [-0.1, -0.05) is 11.6 Å². The van der Waals surface area contributed by atoms with Crippen molar-refractivity contribution in [1.29, 1.82) is 0 Å². The number of amides is 1. The van der Waals surface area contributed by atoms with Crippen molar-refractivity contribution in [1.82, 2.24) is 9.78 Å². The number of carbonyl (C=O) groups is 1. The fourth-order valence-corrected chi connectivity index (χ4v) is 2.32. The molecule has 0 atom stereocenters. The van der Waals surface area contributed by atoms with Crippen LogP contribution in [-0.4, -0.2) is 15.7 Å². The van der Waals surface area contributed by atoms with E-state index in [9.17, 15) is 14.0 Å². The van der Waals surface area contributed by atoms with Crippen LogP contribution in [0, 0.1) is 9.39 Å². The van der Waals surface area contributed by atoms with E-state index < -0.39 is 17.3 Å². The van der Waals surface area contributed by atoms with Gasteiger partial charge in [0.25, 0.3) is 11.5 Å². The first kappa shape index (κ1) is 15.7. The molecule has 0 aliphatic heterocycles. The van der Waals surface area contributed by atoms with Crippen molar-refractivity contribution in [2.24, 2.45) is 12.8 Å². The predicted molar refractivity (Wildman–Crippen MR) is 85.4 cm³/mol. The maximum absolute atomic E-state index is 13.9. The van der Waals surface area contributed by atoms with Crippen LogP contribution in [0.2, 0.25) is 5.02 Å². The average Bonchev–Trinajstić information content (AvgIpc) is 2.41. The van der Waals surface area contributed by atoms with Gasteiger partial charge >= 0.3 is 0 Å². The summed E-state index contributed by atoms with van der Waals surface area (Å²) in [6.45, 7) is 0. The Morgan fingerprint density at radius 2 is 2.19 bits per heavy atom. The van der Waals surface area contributed by atoms with Gasteiger partial charge in [0.1, 0.15) is 10.8 Å². The number of nitrogens with one attached hydrogen (secondary N) is 1. The van der Waals surface area contributed by atoms with Crippen molar-refractivity contribution in [2.45, 2.75) is 0 Å². The number of aromatic nitrogens is 2. The molecular formula is C12H9ClFIN4O2. The molecule has 1 aromatic heterocycles. The highest BCUT2D eigenvalue weighted by Gasteiger charge is 2.19. The van der Waals surface area contributed by atoms with E-state index in [2.05, 4.69) is 10.4 Å². The van der Waals surface area contributed by atoms with Crippen LogP contribution in [-0.2, 0) is 7.05 Å². The number of nitrogens with two attached hydrogens (primary N) is 1. The molecule has 0 bridgehead atoms. The molecule has 21 heavy (non-hydrogen) atoms. The number of nitrogens with zero attached hydrogens (tertiary/aromatic N) is 2. The fourth-order valence-electron chi connectivity index (χ4n) is 1.61. The minimum Gasteiger partial charge on any atom is -0.364 e. The second-order valence-electron chi connectivity index (χ2n) is 4.08. The van der Waals surface area contributed by atoms with E-state index >= 15 is 0 Å². The Morgan fingerprint density at radius 1 is 1.52 bits per heavy atom. The molecule has 2 aromatic rings. The Labute approximate surface area is 137 Å². The molecule has 0 aliphatic carbocycles. The highest BCUT2D eigenvalue weighted by molar-refractivity contribution is 14.1.